The zero-order chi connectivity index (χ0) is 21.3. The topological polar surface area (TPSA) is 56.3 Å². The lowest BCUT2D eigenvalue weighted by Gasteiger charge is -2.21. The lowest BCUT2D eigenvalue weighted by molar-refractivity contribution is -0.138. The molecule has 1 aliphatic rings. The molecular weight excluding hydrogens is 395 g/mol. The standard InChI is InChI=1S/C22H22F3N3O2/c1-13-18(4-3-5-20(13)22(23,24)25)14(2)27-21-19-10-16(30-17-8-9-29-12-17)7-6-15(19)11-26-28-21/h3-7,10-11,14,17H,8-9,12H2,1-2H3,(H,27,28)/t14-,17?/m1/s1. The van der Waals surface area contributed by atoms with Crippen molar-refractivity contribution in [2.75, 3.05) is 18.5 Å². The molecule has 1 N–H and O–H groups in total. The van der Waals surface area contributed by atoms with E-state index >= 15 is 0 Å². The number of halogens is 3. The van der Waals surface area contributed by atoms with Crippen molar-refractivity contribution in [2.45, 2.75) is 38.6 Å². The summed E-state index contributed by atoms with van der Waals surface area (Å²) in [7, 11) is 0. The molecule has 1 unspecified atom stereocenters. The second kappa shape index (κ2) is 8.10. The van der Waals surface area contributed by atoms with Gasteiger partial charge in [-0.2, -0.15) is 18.3 Å². The molecule has 1 fully saturated rings. The maximum absolute atomic E-state index is 13.3. The van der Waals surface area contributed by atoms with Gasteiger partial charge in [0.2, 0.25) is 0 Å². The van der Waals surface area contributed by atoms with Gasteiger partial charge in [-0.15, -0.1) is 5.10 Å². The van der Waals surface area contributed by atoms with E-state index in [0.29, 0.717) is 30.3 Å². The van der Waals surface area contributed by atoms with Gasteiger partial charge in [0.25, 0.3) is 0 Å². The average molecular weight is 417 g/mol. The third-order valence-corrected chi connectivity index (χ3v) is 5.33. The van der Waals surface area contributed by atoms with E-state index in [1.165, 1.54) is 13.0 Å². The first-order valence-corrected chi connectivity index (χ1v) is 9.76. The van der Waals surface area contributed by atoms with E-state index in [9.17, 15) is 13.2 Å². The highest BCUT2D eigenvalue weighted by Crippen LogP contribution is 2.35. The summed E-state index contributed by atoms with van der Waals surface area (Å²) in [5.74, 6) is 1.18. The maximum Gasteiger partial charge on any atom is 0.416 e. The van der Waals surface area contributed by atoms with Crippen molar-refractivity contribution in [2.24, 2.45) is 0 Å². The second-order valence-corrected chi connectivity index (χ2v) is 7.43. The Kier molecular flexibility index (Phi) is 5.51. The van der Waals surface area contributed by atoms with Gasteiger partial charge in [-0.3, -0.25) is 0 Å². The van der Waals surface area contributed by atoms with Crippen molar-refractivity contribution < 1.29 is 22.6 Å². The summed E-state index contributed by atoms with van der Waals surface area (Å²) in [6.07, 6.45) is -1.90. The molecule has 30 heavy (non-hydrogen) atoms. The molecule has 5 nitrogen and oxygen atoms in total. The summed E-state index contributed by atoms with van der Waals surface area (Å²) >= 11 is 0. The first kappa shape index (κ1) is 20.4. The van der Waals surface area contributed by atoms with Crippen LogP contribution in [-0.4, -0.2) is 29.5 Å². The Morgan fingerprint density at radius 3 is 2.80 bits per heavy atom. The lowest BCUT2D eigenvalue weighted by Crippen LogP contribution is -2.16. The number of alkyl halides is 3. The molecule has 1 aliphatic heterocycles. The van der Waals surface area contributed by atoms with E-state index in [-0.39, 0.29) is 11.7 Å². The normalized spacial score (nSPS) is 17.8. The van der Waals surface area contributed by atoms with Crippen LogP contribution >= 0.6 is 0 Å². The molecule has 2 atom stereocenters. The van der Waals surface area contributed by atoms with Crippen LogP contribution in [0, 0.1) is 6.92 Å². The smallest absolute Gasteiger partial charge is 0.416 e. The van der Waals surface area contributed by atoms with E-state index in [0.717, 1.165) is 23.3 Å². The third kappa shape index (κ3) is 4.18. The largest absolute Gasteiger partial charge is 0.488 e. The zero-order valence-electron chi connectivity index (χ0n) is 16.7. The second-order valence-electron chi connectivity index (χ2n) is 7.43. The first-order valence-electron chi connectivity index (χ1n) is 9.76. The number of nitrogens with zero attached hydrogens (tertiary/aromatic N) is 2. The number of fused-ring (bicyclic) bond motifs is 1. The zero-order valence-corrected chi connectivity index (χ0v) is 16.7. The van der Waals surface area contributed by atoms with Gasteiger partial charge in [0, 0.05) is 17.2 Å². The highest BCUT2D eigenvalue weighted by Gasteiger charge is 2.33. The molecular formula is C22H22F3N3O2. The van der Waals surface area contributed by atoms with Crippen LogP contribution in [0.1, 0.15) is 36.1 Å². The minimum Gasteiger partial charge on any atom is -0.488 e. The molecule has 1 saturated heterocycles. The van der Waals surface area contributed by atoms with Crippen LogP contribution in [0.15, 0.2) is 42.6 Å². The monoisotopic (exact) mass is 417 g/mol. The third-order valence-electron chi connectivity index (χ3n) is 5.33. The van der Waals surface area contributed by atoms with Gasteiger partial charge in [-0.1, -0.05) is 12.1 Å². The van der Waals surface area contributed by atoms with Crippen molar-refractivity contribution in [3.63, 3.8) is 0 Å². The summed E-state index contributed by atoms with van der Waals surface area (Å²) in [4.78, 5) is 0. The number of rotatable bonds is 5. The molecule has 0 amide bonds. The van der Waals surface area contributed by atoms with E-state index in [1.54, 1.807) is 19.2 Å². The van der Waals surface area contributed by atoms with Crippen LogP contribution in [0.25, 0.3) is 10.8 Å². The summed E-state index contributed by atoms with van der Waals surface area (Å²) in [6, 6.07) is 9.44. The van der Waals surface area contributed by atoms with Crippen LogP contribution in [-0.2, 0) is 10.9 Å². The fraction of sp³-hybridized carbons (Fsp3) is 0.364. The molecule has 2 aromatic carbocycles. The molecule has 2 heterocycles. The van der Waals surface area contributed by atoms with Gasteiger partial charge in [0.15, 0.2) is 5.82 Å². The van der Waals surface area contributed by atoms with Crippen LogP contribution in [0.4, 0.5) is 19.0 Å². The molecule has 1 aromatic heterocycles. The molecule has 0 bridgehead atoms. The van der Waals surface area contributed by atoms with Crippen molar-refractivity contribution in [3.05, 3.63) is 59.3 Å². The quantitative estimate of drug-likeness (QED) is 0.611. The van der Waals surface area contributed by atoms with Crippen LogP contribution in [0.5, 0.6) is 5.75 Å². The van der Waals surface area contributed by atoms with E-state index in [1.807, 2.05) is 18.2 Å². The highest BCUT2D eigenvalue weighted by atomic mass is 19.4. The minimum absolute atomic E-state index is 0.0142. The van der Waals surface area contributed by atoms with Crippen molar-refractivity contribution in [3.8, 4) is 5.75 Å². The molecule has 0 spiro atoms. The molecule has 0 aliphatic carbocycles. The van der Waals surface area contributed by atoms with E-state index < -0.39 is 17.8 Å². The minimum atomic E-state index is -4.39. The number of ether oxygens (including phenoxy) is 2. The predicted octanol–water partition coefficient (Wildman–Crippen LogP) is 5.30. The van der Waals surface area contributed by atoms with Gasteiger partial charge in [0.05, 0.1) is 31.0 Å². The Bertz CT molecular complexity index is 1050. The summed E-state index contributed by atoms with van der Waals surface area (Å²) in [6.45, 7) is 4.54. The fourth-order valence-electron chi connectivity index (χ4n) is 3.75. The van der Waals surface area contributed by atoms with Gasteiger partial charge in [0.1, 0.15) is 11.9 Å². The molecule has 3 aromatic rings. The number of nitrogens with one attached hydrogen (secondary N) is 1. The summed E-state index contributed by atoms with van der Waals surface area (Å²) < 4.78 is 51.1. The summed E-state index contributed by atoms with van der Waals surface area (Å²) in [5.41, 5.74) is 0.120. The Morgan fingerprint density at radius 2 is 2.07 bits per heavy atom. The fourth-order valence-corrected chi connectivity index (χ4v) is 3.75. The first-order chi connectivity index (χ1) is 14.3. The van der Waals surface area contributed by atoms with E-state index in [2.05, 4.69) is 15.5 Å². The van der Waals surface area contributed by atoms with Crippen molar-refractivity contribution in [1.82, 2.24) is 10.2 Å². The number of hydrogen-bond donors (Lipinski definition) is 1. The molecule has 8 heteroatoms. The predicted molar refractivity (Wildman–Crippen MR) is 108 cm³/mol. The Morgan fingerprint density at radius 1 is 1.23 bits per heavy atom. The van der Waals surface area contributed by atoms with Gasteiger partial charge in [-0.25, -0.2) is 0 Å². The lowest BCUT2D eigenvalue weighted by atomic mass is 9.97. The van der Waals surface area contributed by atoms with Gasteiger partial charge in [-0.05, 0) is 49.2 Å². The Hall–Kier alpha value is -2.87. The van der Waals surface area contributed by atoms with Gasteiger partial charge >= 0.3 is 6.18 Å². The van der Waals surface area contributed by atoms with Crippen molar-refractivity contribution in [1.29, 1.82) is 0 Å². The molecule has 0 saturated carbocycles. The Balaban J connectivity index is 1.63. The van der Waals surface area contributed by atoms with Crippen LogP contribution in [0.3, 0.4) is 0 Å². The summed E-state index contributed by atoms with van der Waals surface area (Å²) in [5, 5.41) is 13.1. The number of benzene rings is 2. The SMILES string of the molecule is Cc1c([C@@H](C)Nc2nncc3ccc(OC4CCOC4)cc23)cccc1C(F)(F)F. The van der Waals surface area contributed by atoms with Crippen LogP contribution in [0.2, 0.25) is 0 Å². The number of aromatic nitrogens is 2. The van der Waals surface area contributed by atoms with Gasteiger partial charge < -0.3 is 14.8 Å². The average Bonchev–Trinajstić information content (AvgIpc) is 3.20. The van der Waals surface area contributed by atoms with E-state index in [4.69, 9.17) is 9.47 Å². The number of hydrogen-bond acceptors (Lipinski definition) is 5. The Labute approximate surface area is 172 Å². The van der Waals surface area contributed by atoms with Crippen LogP contribution < -0.4 is 10.1 Å². The molecule has 4 rings (SSSR count). The molecule has 0 radical (unpaired) electrons. The molecule has 158 valence electrons. The highest BCUT2D eigenvalue weighted by molar-refractivity contribution is 5.92. The number of anilines is 1. The van der Waals surface area contributed by atoms with Crippen molar-refractivity contribution >= 4 is 16.6 Å². The maximum atomic E-state index is 13.3.